The van der Waals surface area contributed by atoms with E-state index in [1.165, 1.54) is 96.9 Å². The van der Waals surface area contributed by atoms with Gasteiger partial charge in [-0.05, 0) is 58.3 Å². The molecule has 1 aliphatic rings. The van der Waals surface area contributed by atoms with Crippen molar-refractivity contribution in [1.82, 2.24) is 5.32 Å². The van der Waals surface area contributed by atoms with Crippen molar-refractivity contribution in [2.24, 2.45) is 57.7 Å². The van der Waals surface area contributed by atoms with Crippen LogP contribution in [-0.4, -0.2) is 94.8 Å². The summed E-state index contributed by atoms with van der Waals surface area (Å²) in [6.45, 7) is 22.4. The number of nitrogens with one attached hydrogen (secondary N) is 1. The molecule has 1 aliphatic carbocycles. The minimum atomic E-state index is -4.67. The third-order valence-corrected chi connectivity index (χ3v) is 11.4. The maximum absolute atomic E-state index is 15.9. The van der Waals surface area contributed by atoms with Crippen LogP contribution < -0.4 is 5.32 Å². The van der Waals surface area contributed by atoms with Gasteiger partial charge >= 0.3 is 77.2 Å². The average Bonchev–Trinajstić information content (AvgIpc) is 3.25. The molecule has 22 nitrogen and oxygen atoms in total. The van der Waals surface area contributed by atoms with Crippen molar-refractivity contribution in [3.8, 4) is 0 Å². The highest BCUT2D eigenvalue weighted by molar-refractivity contribution is 6.02. The monoisotopic (exact) mass is 1030 g/mol. The molecule has 0 heterocycles. The lowest BCUT2D eigenvalue weighted by atomic mass is 9.71. The molecule has 2 N–H and O–H groups in total. The SMILES string of the molecule is CC(C)CC(C)(C)C(=O)OC(C(=O)OOC(=O)C(C)(C)C(=O)NCC1(CC(=O)O)CCCCC1)(C(OC(=O)C(C)C)(OC(=O)C(C)C)OC(=O)C(C)C)C(OC(=O)C(C)C)(OC(=O)C(C)C)OC(=O)C(C)C. The van der Waals surface area contributed by atoms with Gasteiger partial charge < -0.3 is 43.6 Å². The zero-order chi connectivity index (χ0) is 56.1. The van der Waals surface area contributed by atoms with Crippen LogP contribution in [0.25, 0.3) is 0 Å². The lowest BCUT2D eigenvalue weighted by Gasteiger charge is -2.49. The van der Waals surface area contributed by atoms with E-state index in [1.807, 2.05) is 0 Å². The molecule has 0 atom stereocenters. The van der Waals surface area contributed by atoms with Gasteiger partial charge in [-0.15, -0.1) is 0 Å². The topological polar surface area (TPSA) is 303 Å². The Labute approximate surface area is 422 Å². The zero-order valence-electron chi connectivity index (χ0n) is 45.3. The molecule has 0 aromatic carbocycles. The first-order valence-corrected chi connectivity index (χ1v) is 24.3. The molecule has 0 aromatic rings. The van der Waals surface area contributed by atoms with Gasteiger partial charge in [-0.1, -0.05) is 116 Å². The molecule has 1 amide bonds. The molecule has 0 radical (unpaired) electrons. The number of ether oxygens (including phenoxy) is 7. The summed E-state index contributed by atoms with van der Waals surface area (Å²) in [5.74, 6) is -34.7. The number of hydrogen-bond donors (Lipinski definition) is 2. The number of carboxylic acids is 1. The van der Waals surface area contributed by atoms with Gasteiger partial charge in [-0.3, -0.25) is 43.2 Å². The van der Waals surface area contributed by atoms with Crippen molar-refractivity contribution in [2.75, 3.05) is 6.54 Å². The first-order valence-electron chi connectivity index (χ1n) is 24.3. The van der Waals surface area contributed by atoms with E-state index >= 15 is 9.59 Å². The Morgan fingerprint density at radius 1 is 0.472 bits per heavy atom. The maximum Gasteiger partial charge on any atom is 0.491 e. The van der Waals surface area contributed by atoms with Crippen molar-refractivity contribution in [2.45, 2.75) is 187 Å². The third kappa shape index (κ3) is 16.1. The summed E-state index contributed by atoms with van der Waals surface area (Å²) < 4.78 is 40.7. The molecule has 22 heteroatoms. The van der Waals surface area contributed by atoms with Crippen LogP contribution in [0.2, 0.25) is 0 Å². The highest BCUT2D eigenvalue weighted by atomic mass is 17.2. The second-order valence-corrected chi connectivity index (χ2v) is 21.8. The van der Waals surface area contributed by atoms with Crippen LogP contribution in [0.15, 0.2) is 0 Å². The van der Waals surface area contributed by atoms with Crippen molar-refractivity contribution in [3.05, 3.63) is 0 Å². The summed E-state index contributed by atoms with van der Waals surface area (Å²) in [5, 5.41) is 12.3. The number of carboxylic acid groups (broad SMARTS) is 1. The van der Waals surface area contributed by atoms with Crippen LogP contribution in [0.5, 0.6) is 0 Å². The van der Waals surface area contributed by atoms with Crippen molar-refractivity contribution in [1.29, 1.82) is 0 Å². The van der Waals surface area contributed by atoms with E-state index < -0.39 is 135 Å². The maximum atomic E-state index is 15.9. The molecular weight excluding hydrogens is 951 g/mol. The number of carbonyl (C=O) groups is 11. The molecular formula is C50H79NO21. The largest absolute Gasteiger partial charge is 0.491 e. The summed E-state index contributed by atoms with van der Waals surface area (Å²) in [4.78, 5) is 167. The van der Waals surface area contributed by atoms with Crippen LogP contribution in [0, 0.1) is 57.7 Å². The van der Waals surface area contributed by atoms with Crippen molar-refractivity contribution >= 4 is 65.6 Å². The van der Waals surface area contributed by atoms with E-state index in [-0.39, 0.29) is 25.3 Å². The van der Waals surface area contributed by atoms with Crippen LogP contribution >= 0.6 is 0 Å². The molecule has 0 saturated heterocycles. The quantitative estimate of drug-likeness (QED) is 0.0249. The highest BCUT2D eigenvalue weighted by Crippen LogP contribution is 2.50. The number of hydrogen-bond acceptors (Lipinski definition) is 20. The normalized spacial score (nSPS) is 14.4. The van der Waals surface area contributed by atoms with E-state index in [0.29, 0.717) is 25.7 Å². The Balaban J connectivity index is 4.95. The number of esters is 7. The lowest BCUT2D eigenvalue weighted by Crippen LogP contribution is -2.80. The molecule has 0 aliphatic heterocycles. The second-order valence-electron chi connectivity index (χ2n) is 21.8. The van der Waals surface area contributed by atoms with E-state index in [9.17, 15) is 48.3 Å². The van der Waals surface area contributed by atoms with Gasteiger partial charge in [0.05, 0.1) is 47.3 Å². The molecule has 72 heavy (non-hydrogen) atoms. The lowest BCUT2D eigenvalue weighted by molar-refractivity contribution is -0.479. The Kier molecular flexibility index (Phi) is 22.9. The van der Waals surface area contributed by atoms with E-state index in [4.69, 9.17) is 42.9 Å². The van der Waals surface area contributed by atoms with Crippen LogP contribution in [0.1, 0.15) is 170 Å². The Bertz CT molecular complexity index is 1820. The molecule has 0 unspecified atom stereocenters. The van der Waals surface area contributed by atoms with Crippen LogP contribution in [0.4, 0.5) is 0 Å². The van der Waals surface area contributed by atoms with Gasteiger partial charge in [0.2, 0.25) is 5.91 Å². The first kappa shape index (κ1) is 64.2. The molecule has 0 spiro atoms. The Morgan fingerprint density at radius 2 is 0.792 bits per heavy atom. The molecule has 0 aromatic heterocycles. The summed E-state index contributed by atoms with van der Waals surface area (Å²) in [6.07, 6.45) is 2.62. The number of aliphatic carboxylic acids is 1. The smallest absolute Gasteiger partial charge is 0.481 e. The van der Waals surface area contributed by atoms with Crippen LogP contribution in [-0.2, 0) is 95.7 Å². The van der Waals surface area contributed by atoms with Gasteiger partial charge in [-0.25, -0.2) is 19.4 Å². The van der Waals surface area contributed by atoms with E-state index in [2.05, 4.69) is 5.32 Å². The number of amides is 1. The highest BCUT2D eigenvalue weighted by Gasteiger charge is 2.89. The van der Waals surface area contributed by atoms with Gasteiger partial charge in [-0.2, -0.15) is 0 Å². The number of carbonyl (C=O) groups excluding carboxylic acids is 10. The fraction of sp³-hybridized carbons (Fsp3) is 0.780. The first-order chi connectivity index (χ1) is 32.8. The molecule has 410 valence electrons. The molecule has 1 fully saturated rings. The molecule has 1 rings (SSSR count). The van der Waals surface area contributed by atoms with Crippen LogP contribution in [0.3, 0.4) is 0 Å². The zero-order valence-corrected chi connectivity index (χ0v) is 45.3. The minimum absolute atomic E-state index is 0.129. The fourth-order valence-electron chi connectivity index (χ4n) is 6.90. The summed E-state index contributed by atoms with van der Waals surface area (Å²) >= 11 is 0. The average molecular weight is 1030 g/mol. The van der Waals surface area contributed by atoms with Gasteiger partial charge in [0.15, 0.2) is 0 Å². The van der Waals surface area contributed by atoms with Gasteiger partial charge in [0, 0.05) is 6.54 Å². The Morgan fingerprint density at radius 3 is 1.08 bits per heavy atom. The van der Waals surface area contributed by atoms with Crippen molar-refractivity contribution < 1.29 is 101 Å². The minimum Gasteiger partial charge on any atom is -0.481 e. The van der Waals surface area contributed by atoms with Crippen molar-refractivity contribution in [3.63, 3.8) is 0 Å². The Hall–Kier alpha value is -5.83. The van der Waals surface area contributed by atoms with Gasteiger partial charge in [0.1, 0.15) is 5.41 Å². The van der Waals surface area contributed by atoms with Gasteiger partial charge in [0.25, 0.3) is 0 Å². The summed E-state index contributed by atoms with van der Waals surface area (Å²) in [5.41, 5.74) is -9.76. The molecule has 1 saturated carbocycles. The van der Waals surface area contributed by atoms with E-state index in [0.717, 1.165) is 20.3 Å². The second kappa shape index (κ2) is 25.7. The molecule has 0 bridgehead atoms. The fourth-order valence-corrected chi connectivity index (χ4v) is 6.90. The number of rotatable bonds is 25. The summed E-state index contributed by atoms with van der Waals surface area (Å²) in [6, 6.07) is 0. The predicted octanol–water partition coefficient (Wildman–Crippen LogP) is 6.41. The van der Waals surface area contributed by atoms with E-state index in [1.54, 1.807) is 13.8 Å². The predicted molar refractivity (Wildman–Crippen MR) is 250 cm³/mol. The summed E-state index contributed by atoms with van der Waals surface area (Å²) in [7, 11) is 0. The third-order valence-electron chi connectivity index (χ3n) is 11.4. The standard InChI is InChI=1S/C50H79NO21/c1-27(2)24-45(15,16)42(61)70-48(49(64-35(54)28(3)4,65-36(55)29(5)6)66-37(56)30(7)8,50(67-38(57)31(9)10,68-39(58)32(11)12)69-40(59)33(13)14)44(63)72-71-43(62)46(17,18)41(60)51-26-47(25-34(52)53)22-20-19-21-23-47/h27-33H,19-26H2,1-18H3,(H,51,60)(H,52,53).